The van der Waals surface area contributed by atoms with Crippen molar-refractivity contribution >= 4 is 17.6 Å². The second-order valence-electron chi connectivity index (χ2n) is 4.53. The Morgan fingerprint density at radius 3 is 2.33 bits per heavy atom. The van der Waals surface area contributed by atoms with Gasteiger partial charge < -0.3 is 10.1 Å². The van der Waals surface area contributed by atoms with Gasteiger partial charge in [0.25, 0.3) is 5.91 Å². The fourth-order valence-electron chi connectivity index (χ4n) is 2.06. The number of nitrogens with one attached hydrogen (secondary N) is 1. The minimum absolute atomic E-state index is 0.154. The normalized spacial score (nSPS) is 10.0. The number of carbonyl (C=O) groups excluding carboxylic acids is 2. The van der Waals surface area contributed by atoms with Gasteiger partial charge in [-0.3, -0.25) is 4.79 Å². The minimum atomic E-state index is -0.399. The highest BCUT2D eigenvalue weighted by atomic mass is 16.5. The third-order valence-corrected chi connectivity index (χ3v) is 3.21. The number of ether oxygens (including phenoxy) is 1. The monoisotopic (exact) mass is 283 g/mol. The Balaban J connectivity index is 2.14. The second-order valence-corrected chi connectivity index (χ2v) is 4.53. The average Bonchev–Trinajstić information content (AvgIpc) is 2.54. The molecule has 0 aliphatic carbocycles. The van der Waals surface area contributed by atoms with Gasteiger partial charge in [0, 0.05) is 11.3 Å². The molecule has 0 aliphatic heterocycles. The van der Waals surface area contributed by atoms with Crippen molar-refractivity contribution in [2.75, 3.05) is 12.4 Å². The van der Waals surface area contributed by atoms with Crippen molar-refractivity contribution in [2.45, 2.75) is 13.3 Å². The van der Waals surface area contributed by atoms with Gasteiger partial charge in [0.15, 0.2) is 0 Å². The third kappa shape index (κ3) is 3.48. The van der Waals surface area contributed by atoms with Crippen LogP contribution in [0.5, 0.6) is 0 Å². The fraction of sp³-hybridized carbons (Fsp3) is 0.176. The first kappa shape index (κ1) is 14.8. The molecule has 0 aliphatic rings. The van der Waals surface area contributed by atoms with Crippen LogP contribution in [-0.2, 0) is 11.2 Å². The highest BCUT2D eigenvalue weighted by Crippen LogP contribution is 2.14. The number of anilines is 1. The van der Waals surface area contributed by atoms with Crippen LogP contribution in [0.3, 0.4) is 0 Å². The van der Waals surface area contributed by atoms with E-state index in [4.69, 9.17) is 0 Å². The molecule has 4 heteroatoms. The molecule has 108 valence electrons. The van der Waals surface area contributed by atoms with E-state index in [2.05, 4.69) is 10.1 Å². The van der Waals surface area contributed by atoms with Crippen molar-refractivity contribution in [3.8, 4) is 0 Å². The number of methoxy groups -OCH3 is 1. The molecule has 1 amide bonds. The lowest BCUT2D eigenvalue weighted by Crippen LogP contribution is -2.14. The van der Waals surface area contributed by atoms with Crippen molar-refractivity contribution in [2.24, 2.45) is 0 Å². The molecule has 0 spiro atoms. The van der Waals surface area contributed by atoms with E-state index < -0.39 is 5.97 Å². The molecule has 1 N–H and O–H groups in total. The predicted molar refractivity (Wildman–Crippen MR) is 81.6 cm³/mol. The largest absolute Gasteiger partial charge is 0.465 e. The maximum atomic E-state index is 12.3. The number of carbonyl (C=O) groups is 2. The summed E-state index contributed by atoms with van der Waals surface area (Å²) in [4.78, 5) is 23.6. The number of rotatable bonds is 4. The summed E-state index contributed by atoms with van der Waals surface area (Å²) in [7, 11) is 1.33. The molecule has 0 radical (unpaired) electrons. The molecule has 0 unspecified atom stereocenters. The molecule has 0 saturated heterocycles. The van der Waals surface area contributed by atoms with Crippen molar-refractivity contribution in [3.05, 3.63) is 65.2 Å². The Bertz CT molecular complexity index is 647. The van der Waals surface area contributed by atoms with Gasteiger partial charge in [-0.25, -0.2) is 4.79 Å². The summed E-state index contributed by atoms with van der Waals surface area (Å²) in [5.74, 6) is -0.553. The topological polar surface area (TPSA) is 55.4 Å². The zero-order chi connectivity index (χ0) is 15.2. The predicted octanol–water partition coefficient (Wildman–Crippen LogP) is 3.29. The molecule has 2 aromatic carbocycles. The van der Waals surface area contributed by atoms with Crippen LogP contribution in [0.25, 0.3) is 0 Å². The van der Waals surface area contributed by atoms with Crippen LogP contribution in [0.15, 0.2) is 48.5 Å². The van der Waals surface area contributed by atoms with E-state index in [1.54, 1.807) is 30.3 Å². The van der Waals surface area contributed by atoms with E-state index in [0.717, 1.165) is 12.0 Å². The number of benzene rings is 2. The number of aryl methyl sites for hydroxylation is 1. The Hall–Kier alpha value is -2.62. The molecule has 21 heavy (non-hydrogen) atoms. The highest BCUT2D eigenvalue weighted by Gasteiger charge is 2.10. The van der Waals surface area contributed by atoms with Gasteiger partial charge in [-0.2, -0.15) is 0 Å². The summed E-state index contributed by atoms with van der Waals surface area (Å²) >= 11 is 0. The number of hydrogen-bond donors (Lipinski definition) is 1. The molecule has 0 fully saturated rings. The molecule has 2 aromatic rings. The van der Waals surface area contributed by atoms with Gasteiger partial charge in [0.2, 0.25) is 0 Å². The first-order chi connectivity index (χ1) is 10.2. The molecular weight excluding hydrogens is 266 g/mol. The highest BCUT2D eigenvalue weighted by molar-refractivity contribution is 6.05. The van der Waals surface area contributed by atoms with Gasteiger partial charge in [-0.15, -0.1) is 0 Å². The smallest absolute Gasteiger partial charge is 0.337 e. The molecule has 0 saturated carbocycles. The lowest BCUT2D eigenvalue weighted by atomic mass is 10.0. The summed E-state index contributed by atoms with van der Waals surface area (Å²) in [5.41, 5.74) is 2.75. The van der Waals surface area contributed by atoms with Crippen LogP contribution in [0.1, 0.15) is 33.2 Å². The van der Waals surface area contributed by atoms with Crippen LogP contribution in [0.4, 0.5) is 5.69 Å². The lowest BCUT2D eigenvalue weighted by molar-refractivity contribution is 0.0600. The summed E-state index contributed by atoms with van der Waals surface area (Å²) in [6.07, 6.45) is 0.796. The molecule has 2 rings (SSSR count). The van der Waals surface area contributed by atoms with E-state index in [0.29, 0.717) is 16.8 Å². The number of esters is 1. The summed E-state index contributed by atoms with van der Waals surface area (Å²) in [6.45, 7) is 2.01. The van der Waals surface area contributed by atoms with Gasteiger partial charge in [0.1, 0.15) is 0 Å². The molecule has 0 heterocycles. The van der Waals surface area contributed by atoms with E-state index in [1.165, 1.54) is 7.11 Å². The van der Waals surface area contributed by atoms with E-state index >= 15 is 0 Å². The Morgan fingerprint density at radius 2 is 1.71 bits per heavy atom. The maximum absolute atomic E-state index is 12.3. The van der Waals surface area contributed by atoms with Crippen molar-refractivity contribution < 1.29 is 14.3 Å². The third-order valence-electron chi connectivity index (χ3n) is 3.21. The van der Waals surface area contributed by atoms with E-state index in [9.17, 15) is 9.59 Å². The lowest BCUT2D eigenvalue weighted by Gasteiger charge is -2.09. The van der Waals surface area contributed by atoms with Crippen LogP contribution in [0, 0.1) is 0 Å². The molecule has 0 atom stereocenters. The zero-order valence-electron chi connectivity index (χ0n) is 12.1. The summed E-state index contributed by atoms with van der Waals surface area (Å²) in [5, 5.41) is 2.83. The number of amides is 1. The Morgan fingerprint density at radius 1 is 1.05 bits per heavy atom. The van der Waals surface area contributed by atoms with E-state index in [1.807, 2.05) is 25.1 Å². The van der Waals surface area contributed by atoms with Crippen molar-refractivity contribution in [1.82, 2.24) is 0 Å². The first-order valence-corrected chi connectivity index (χ1v) is 6.73. The zero-order valence-corrected chi connectivity index (χ0v) is 12.1. The standard InChI is InChI=1S/C17H17NO3/c1-3-12-6-4-5-7-15(12)16(19)18-14-10-8-13(9-11-14)17(20)21-2/h4-11H,3H2,1-2H3,(H,18,19). The van der Waals surface area contributed by atoms with Crippen LogP contribution in [0.2, 0.25) is 0 Å². The van der Waals surface area contributed by atoms with Gasteiger partial charge in [-0.1, -0.05) is 25.1 Å². The van der Waals surface area contributed by atoms with Gasteiger partial charge in [0.05, 0.1) is 12.7 Å². The fourth-order valence-corrected chi connectivity index (χ4v) is 2.06. The summed E-state index contributed by atoms with van der Waals surface area (Å²) in [6, 6.07) is 14.1. The SMILES string of the molecule is CCc1ccccc1C(=O)Nc1ccc(C(=O)OC)cc1. The molecule has 0 aromatic heterocycles. The van der Waals surface area contributed by atoms with Crippen molar-refractivity contribution in [3.63, 3.8) is 0 Å². The molecule has 0 bridgehead atoms. The minimum Gasteiger partial charge on any atom is -0.465 e. The summed E-state index contributed by atoms with van der Waals surface area (Å²) < 4.78 is 4.63. The van der Waals surface area contributed by atoms with Gasteiger partial charge in [-0.05, 0) is 42.3 Å². The first-order valence-electron chi connectivity index (χ1n) is 6.73. The van der Waals surface area contributed by atoms with Crippen LogP contribution < -0.4 is 5.32 Å². The number of hydrogen-bond acceptors (Lipinski definition) is 3. The Kier molecular flexibility index (Phi) is 4.72. The maximum Gasteiger partial charge on any atom is 0.337 e. The van der Waals surface area contributed by atoms with Crippen LogP contribution in [-0.4, -0.2) is 19.0 Å². The Labute approximate surface area is 123 Å². The average molecular weight is 283 g/mol. The quantitative estimate of drug-likeness (QED) is 0.876. The van der Waals surface area contributed by atoms with E-state index in [-0.39, 0.29) is 5.91 Å². The second kappa shape index (κ2) is 6.70. The molecule has 4 nitrogen and oxygen atoms in total. The van der Waals surface area contributed by atoms with Gasteiger partial charge >= 0.3 is 5.97 Å². The van der Waals surface area contributed by atoms with Crippen LogP contribution >= 0.6 is 0 Å². The molecular formula is C17H17NO3. The van der Waals surface area contributed by atoms with Crippen molar-refractivity contribution in [1.29, 1.82) is 0 Å².